The maximum atomic E-state index is 11.2. The van der Waals surface area contributed by atoms with Gasteiger partial charge in [-0.15, -0.1) is 0 Å². The molecule has 0 saturated heterocycles. The maximum absolute atomic E-state index is 11.2. The number of nitrogens with two attached hydrogens (primary N) is 1. The van der Waals surface area contributed by atoms with Crippen LogP contribution in [0, 0.1) is 10.1 Å². The van der Waals surface area contributed by atoms with Crippen LogP contribution in [-0.2, 0) is 6.42 Å². The fourth-order valence-electron chi connectivity index (χ4n) is 3.59. The fourth-order valence-corrected chi connectivity index (χ4v) is 3.77. The zero-order chi connectivity index (χ0) is 17.6. The van der Waals surface area contributed by atoms with Gasteiger partial charge in [-0.1, -0.05) is 17.7 Å². The molecule has 128 valence electrons. The lowest BCUT2D eigenvalue weighted by Crippen LogP contribution is -2.87. The number of benzene rings is 2. The van der Waals surface area contributed by atoms with E-state index in [-0.39, 0.29) is 16.8 Å². The topological polar surface area (TPSA) is 84.8 Å². The van der Waals surface area contributed by atoms with Crippen LogP contribution in [0.4, 0.5) is 5.69 Å². The van der Waals surface area contributed by atoms with Crippen molar-refractivity contribution in [2.75, 3.05) is 13.7 Å². The van der Waals surface area contributed by atoms with Crippen molar-refractivity contribution in [1.82, 2.24) is 4.98 Å². The third-order valence-electron chi connectivity index (χ3n) is 4.78. The molecular formula is C18H17ClN3O3+. The lowest BCUT2D eigenvalue weighted by Gasteiger charge is -2.21. The number of rotatable bonds is 3. The van der Waals surface area contributed by atoms with E-state index >= 15 is 0 Å². The van der Waals surface area contributed by atoms with Gasteiger partial charge < -0.3 is 15.0 Å². The molecule has 3 N–H and O–H groups in total. The second-order valence-corrected chi connectivity index (χ2v) is 6.56. The summed E-state index contributed by atoms with van der Waals surface area (Å²) in [7, 11) is 1.66. The normalized spacial score (nSPS) is 16.6. The average molecular weight is 359 g/mol. The van der Waals surface area contributed by atoms with Gasteiger partial charge in [0.15, 0.2) is 6.04 Å². The summed E-state index contributed by atoms with van der Waals surface area (Å²) in [5, 5.41) is 14.7. The Morgan fingerprint density at radius 1 is 1.32 bits per heavy atom. The number of aromatic nitrogens is 1. The number of fused-ring (bicyclic) bond motifs is 3. The number of nitrogens with one attached hydrogen (secondary N) is 1. The van der Waals surface area contributed by atoms with E-state index in [1.54, 1.807) is 19.2 Å². The number of nitro groups is 1. The number of halogens is 1. The molecule has 2 heterocycles. The molecule has 0 amide bonds. The first-order valence-electron chi connectivity index (χ1n) is 8.04. The Morgan fingerprint density at radius 3 is 2.92 bits per heavy atom. The molecule has 2 aromatic carbocycles. The molecular weight excluding hydrogens is 342 g/mol. The van der Waals surface area contributed by atoms with Gasteiger partial charge in [-0.3, -0.25) is 10.1 Å². The molecule has 0 spiro atoms. The first-order valence-corrected chi connectivity index (χ1v) is 8.42. The van der Waals surface area contributed by atoms with Gasteiger partial charge in [0, 0.05) is 29.0 Å². The summed E-state index contributed by atoms with van der Waals surface area (Å²) in [6.07, 6.45) is 0.939. The van der Waals surface area contributed by atoms with Crippen LogP contribution in [0.3, 0.4) is 0 Å². The molecule has 25 heavy (non-hydrogen) atoms. The van der Waals surface area contributed by atoms with Crippen LogP contribution in [0.25, 0.3) is 10.9 Å². The van der Waals surface area contributed by atoms with Gasteiger partial charge in [-0.25, -0.2) is 0 Å². The van der Waals surface area contributed by atoms with Crippen LogP contribution in [0.1, 0.15) is 22.9 Å². The molecule has 0 fully saturated rings. The molecule has 1 aromatic heterocycles. The number of aromatic amines is 1. The number of nitrogens with zero attached hydrogens (tertiary/aromatic N) is 1. The smallest absolute Gasteiger partial charge is 0.288 e. The number of H-pyrrole nitrogens is 1. The van der Waals surface area contributed by atoms with E-state index in [4.69, 9.17) is 16.3 Å². The molecule has 0 aliphatic carbocycles. The molecule has 1 aliphatic heterocycles. The van der Waals surface area contributed by atoms with E-state index < -0.39 is 4.92 Å². The molecule has 0 radical (unpaired) electrons. The van der Waals surface area contributed by atoms with E-state index in [1.807, 2.05) is 24.3 Å². The van der Waals surface area contributed by atoms with Crippen LogP contribution >= 0.6 is 11.6 Å². The summed E-state index contributed by atoms with van der Waals surface area (Å²) < 4.78 is 5.34. The minimum atomic E-state index is -0.439. The van der Waals surface area contributed by atoms with Crippen LogP contribution < -0.4 is 10.1 Å². The number of ether oxygens (including phenoxy) is 1. The molecule has 4 rings (SSSR count). The van der Waals surface area contributed by atoms with Gasteiger partial charge >= 0.3 is 0 Å². The Labute approximate surface area is 148 Å². The van der Waals surface area contributed by atoms with E-state index in [0.717, 1.165) is 40.9 Å². The largest absolute Gasteiger partial charge is 0.497 e. The van der Waals surface area contributed by atoms with E-state index in [0.29, 0.717) is 0 Å². The Morgan fingerprint density at radius 2 is 2.16 bits per heavy atom. The number of nitro benzene ring substituents is 1. The highest BCUT2D eigenvalue weighted by Crippen LogP contribution is 2.34. The summed E-state index contributed by atoms with van der Waals surface area (Å²) in [4.78, 5) is 14.3. The van der Waals surface area contributed by atoms with Crippen molar-refractivity contribution >= 4 is 28.2 Å². The van der Waals surface area contributed by atoms with Crippen LogP contribution in [-0.4, -0.2) is 23.6 Å². The Kier molecular flexibility index (Phi) is 3.86. The van der Waals surface area contributed by atoms with Crippen LogP contribution in [0.5, 0.6) is 5.75 Å². The van der Waals surface area contributed by atoms with Gasteiger partial charge in [0.25, 0.3) is 5.69 Å². The quantitative estimate of drug-likeness (QED) is 0.557. The lowest BCUT2D eigenvalue weighted by atomic mass is 9.94. The molecule has 1 atom stereocenters. The minimum Gasteiger partial charge on any atom is -0.497 e. The predicted molar refractivity (Wildman–Crippen MR) is 95.3 cm³/mol. The molecule has 0 saturated carbocycles. The van der Waals surface area contributed by atoms with Gasteiger partial charge in [0.1, 0.15) is 10.8 Å². The molecule has 3 aromatic rings. The van der Waals surface area contributed by atoms with Gasteiger partial charge in [0.05, 0.1) is 24.3 Å². The number of hydrogen-bond acceptors (Lipinski definition) is 3. The molecule has 0 unspecified atom stereocenters. The van der Waals surface area contributed by atoms with Gasteiger partial charge in [-0.05, 0) is 29.8 Å². The third kappa shape index (κ3) is 2.63. The second kappa shape index (κ2) is 6.06. The van der Waals surface area contributed by atoms with E-state index in [9.17, 15) is 10.1 Å². The number of quaternary nitrogens is 1. The Balaban J connectivity index is 1.85. The molecule has 6 nitrogen and oxygen atoms in total. The minimum absolute atomic E-state index is 0.0156. The van der Waals surface area contributed by atoms with Crippen molar-refractivity contribution < 1.29 is 15.0 Å². The van der Waals surface area contributed by atoms with Crippen molar-refractivity contribution in [1.29, 1.82) is 0 Å². The first kappa shape index (κ1) is 15.9. The zero-order valence-electron chi connectivity index (χ0n) is 13.6. The van der Waals surface area contributed by atoms with Crippen molar-refractivity contribution in [2.24, 2.45) is 0 Å². The van der Waals surface area contributed by atoms with Crippen LogP contribution in [0.15, 0.2) is 36.4 Å². The van der Waals surface area contributed by atoms with Gasteiger partial charge in [-0.2, -0.15) is 0 Å². The predicted octanol–water partition coefficient (Wildman–Crippen LogP) is 2.95. The van der Waals surface area contributed by atoms with Gasteiger partial charge in [0.2, 0.25) is 0 Å². The first-order chi connectivity index (χ1) is 12.1. The highest BCUT2D eigenvalue weighted by molar-refractivity contribution is 6.32. The van der Waals surface area contributed by atoms with Crippen LogP contribution in [0.2, 0.25) is 5.02 Å². The van der Waals surface area contributed by atoms with Crippen molar-refractivity contribution in [3.63, 3.8) is 0 Å². The van der Waals surface area contributed by atoms with Crippen molar-refractivity contribution in [3.8, 4) is 5.75 Å². The monoisotopic (exact) mass is 358 g/mol. The second-order valence-electron chi connectivity index (χ2n) is 6.15. The molecule has 0 bridgehead atoms. The SMILES string of the molecule is COc1ccc2[nH]c3c(c2c1)CC[NH2+][C@@H]3c1ccc(Cl)c([N+](=O)[O-])c1. The number of hydrogen-bond donors (Lipinski definition) is 2. The summed E-state index contributed by atoms with van der Waals surface area (Å²) in [6, 6.07) is 11.0. The standard InChI is InChI=1S/C18H16ClN3O3/c1-25-11-3-5-15-13(9-11)12-6-7-20-17(18(12)21-15)10-2-4-14(19)16(8-10)22(23)24/h2-5,8-9,17,20-21H,6-7H2,1H3/p+1/t17-/m1/s1. The van der Waals surface area contributed by atoms with E-state index in [2.05, 4.69) is 10.3 Å². The van der Waals surface area contributed by atoms with Crippen molar-refractivity contribution in [2.45, 2.75) is 12.5 Å². The highest BCUT2D eigenvalue weighted by atomic mass is 35.5. The lowest BCUT2D eigenvalue weighted by molar-refractivity contribution is -0.690. The highest BCUT2D eigenvalue weighted by Gasteiger charge is 2.30. The summed E-state index contributed by atoms with van der Waals surface area (Å²) >= 11 is 5.95. The zero-order valence-corrected chi connectivity index (χ0v) is 14.3. The molecule has 7 heteroatoms. The average Bonchev–Trinajstić information content (AvgIpc) is 2.99. The summed E-state index contributed by atoms with van der Waals surface area (Å²) in [5.74, 6) is 0.822. The maximum Gasteiger partial charge on any atom is 0.288 e. The van der Waals surface area contributed by atoms with Crippen molar-refractivity contribution in [3.05, 3.63) is 68.4 Å². The summed E-state index contributed by atoms with van der Waals surface area (Å²) in [5.41, 5.74) is 4.20. The number of methoxy groups -OCH3 is 1. The Bertz CT molecular complexity index is 983. The molecule has 1 aliphatic rings. The third-order valence-corrected chi connectivity index (χ3v) is 5.10. The van der Waals surface area contributed by atoms with E-state index in [1.165, 1.54) is 5.56 Å². The Hall–Kier alpha value is -2.57. The fraction of sp³-hybridized carbons (Fsp3) is 0.222. The summed E-state index contributed by atoms with van der Waals surface area (Å²) in [6.45, 7) is 0.915.